The fourth-order valence-corrected chi connectivity index (χ4v) is 2.62. The largest absolute Gasteiger partial charge is 0.418 e. The van der Waals surface area contributed by atoms with E-state index in [9.17, 15) is 22.4 Å². The van der Waals surface area contributed by atoms with E-state index in [0.29, 0.717) is 18.4 Å². The summed E-state index contributed by atoms with van der Waals surface area (Å²) in [5, 5.41) is 2.38. The van der Waals surface area contributed by atoms with Crippen LogP contribution in [0.15, 0.2) is 48.5 Å². The van der Waals surface area contributed by atoms with E-state index in [1.807, 2.05) is 0 Å². The van der Waals surface area contributed by atoms with E-state index in [4.69, 9.17) is 0 Å². The first-order chi connectivity index (χ1) is 10.8. The number of rotatable bonds is 3. The van der Waals surface area contributed by atoms with Gasteiger partial charge in [0.2, 0.25) is 5.91 Å². The Morgan fingerprint density at radius 2 is 1.61 bits per heavy atom. The highest BCUT2D eigenvalue weighted by Gasteiger charge is 2.51. The van der Waals surface area contributed by atoms with Crippen LogP contribution in [0.1, 0.15) is 24.0 Å². The number of hydrogen-bond donors (Lipinski definition) is 1. The first-order valence-corrected chi connectivity index (χ1v) is 7.07. The highest BCUT2D eigenvalue weighted by Crippen LogP contribution is 2.49. The van der Waals surface area contributed by atoms with Gasteiger partial charge in [0.25, 0.3) is 0 Å². The molecule has 1 amide bonds. The zero-order valence-electron chi connectivity index (χ0n) is 12.0. The molecule has 1 N–H and O–H groups in total. The fraction of sp³-hybridized carbons (Fsp3) is 0.235. The van der Waals surface area contributed by atoms with Crippen LogP contribution in [0.25, 0.3) is 0 Å². The summed E-state index contributed by atoms with van der Waals surface area (Å²) in [5.41, 5.74) is -1.41. The Bertz CT molecular complexity index is 733. The third-order valence-corrected chi connectivity index (χ3v) is 4.06. The van der Waals surface area contributed by atoms with Crippen LogP contribution in [0.2, 0.25) is 0 Å². The molecule has 0 bridgehead atoms. The van der Waals surface area contributed by atoms with Crippen molar-refractivity contribution in [3.63, 3.8) is 0 Å². The number of alkyl halides is 3. The van der Waals surface area contributed by atoms with Gasteiger partial charge < -0.3 is 5.32 Å². The molecule has 3 rings (SSSR count). The normalized spacial score (nSPS) is 16.0. The molecule has 120 valence electrons. The van der Waals surface area contributed by atoms with Gasteiger partial charge in [-0.05, 0) is 42.7 Å². The minimum atomic E-state index is -4.55. The molecule has 0 saturated heterocycles. The lowest BCUT2D eigenvalue weighted by Crippen LogP contribution is -2.28. The Kier molecular flexibility index (Phi) is 3.62. The van der Waals surface area contributed by atoms with Gasteiger partial charge in [-0.2, -0.15) is 13.2 Å². The molecule has 0 radical (unpaired) electrons. The van der Waals surface area contributed by atoms with Crippen LogP contribution in [0, 0.1) is 5.82 Å². The van der Waals surface area contributed by atoms with Crippen molar-refractivity contribution in [1.82, 2.24) is 0 Å². The Hall–Kier alpha value is -2.37. The van der Waals surface area contributed by atoms with Crippen LogP contribution in [-0.4, -0.2) is 5.91 Å². The maximum atomic E-state index is 13.0. The van der Waals surface area contributed by atoms with Gasteiger partial charge >= 0.3 is 6.18 Å². The summed E-state index contributed by atoms with van der Waals surface area (Å²) in [4.78, 5) is 12.5. The summed E-state index contributed by atoms with van der Waals surface area (Å²) < 4.78 is 52.0. The SMILES string of the molecule is O=C(Nc1ccccc1C(F)(F)F)C1(c2ccc(F)cc2)CC1. The number of halogens is 4. The zero-order chi connectivity index (χ0) is 16.7. The molecule has 1 aliphatic rings. The summed E-state index contributed by atoms with van der Waals surface area (Å²) >= 11 is 0. The van der Waals surface area contributed by atoms with Gasteiger partial charge in [0.15, 0.2) is 0 Å². The summed E-state index contributed by atoms with van der Waals surface area (Å²) in [5.74, 6) is -0.923. The van der Waals surface area contributed by atoms with Crippen molar-refractivity contribution in [2.24, 2.45) is 0 Å². The second-order valence-electron chi connectivity index (χ2n) is 5.59. The van der Waals surface area contributed by atoms with E-state index < -0.39 is 28.9 Å². The Morgan fingerprint density at radius 3 is 2.17 bits per heavy atom. The monoisotopic (exact) mass is 323 g/mol. The van der Waals surface area contributed by atoms with E-state index in [1.165, 1.54) is 42.5 Å². The summed E-state index contributed by atoms with van der Waals surface area (Å²) in [6, 6.07) is 10.3. The zero-order valence-corrected chi connectivity index (χ0v) is 12.0. The number of para-hydroxylation sites is 1. The van der Waals surface area contributed by atoms with Crippen LogP contribution in [-0.2, 0) is 16.4 Å². The predicted octanol–water partition coefficient (Wildman–Crippen LogP) is 4.51. The van der Waals surface area contributed by atoms with Crippen LogP contribution in [0.5, 0.6) is 0 Å². The van der Waals surface area contributed by atoms with Gasteiger partial charge in [0, 0.05) is 0 Å². The van der Waals surface area contributed by atoms with Crippen molar-refractivity contribution in [3.8, 4) is 0 Å². The highest BCUT2D eigenvalue weighted by atomic mass is 19.4. The lowest BCUT2D eigenvalue weighted by molar-refractivity contribution is -0.137. The van der Waals surface area contributed by atoms with E-state index in [0.717, 1.165) is 6.07 Å². The van der Waals surface area contributed by atoms with E-state index in [-0.39, 0.29) is 5.69 Å². The van der Waals surface area contributed by atoms with Gasteiger partial charge in [-0.25, -0.2) is 4.39 Å². The molecular weight excluding hydrogens is 310 g/mol. The fourth-order valence-electron chi connectivity index (χ4n) is 2.62. The number of amides is 1. The average Bonchev–Trinajstić information content (AvgIpc) is 3.29. The molecule has 0 atom stereocenters. The summed E-state index contributed by atoms with van der Waals surface area (Å²) in [7, 11) is 0. The van der Waals surface area contributed by atoms with Crippen molar-refractivity contribution >= 4 is 11.6 Å². The Morgan fingerprint density at radius 1 is 1.00 bits per heavy atom. The minimum Gasteiger partial charge on any atom is -0.325 e. The van der Waals surface area contributed by atoms with Crippen LogP contribution in [0.4, 0.5) is 23.2 Å². The maximum absolute atomic E-state index is 13.0. The molecule has 2 aromatic carbocycles. The lowest BCUT2D eigenvalue weighted by Gasteiger charge is -2.18. The highest BCUT2D eigenvalue weighted by molar-refractivity contribution is 6.01. The third-order valence-electron chi connectivity index (χ3n) is 4.06. The van der Waals surface area contributed by atoms with Crippen molar-refractivity contribution in [3.05, 3.63) is 65.5 Å². The molecule has 2 aromatic rings. The van der Waals surface area contributed by atoms with Crippen LogP contribution < -0.4 is 5.32 Å². The van der Waals surface area contributed by atoms with E-state index in [2.05, 4.69) is 5.32 Å². The average molecular weight is 323 g/mol. The molecule has 0 aliphatic heterocycles. The first kappa shape index (κ1) is 15.5. The first-order valence-electron chi connectivity index (χ1n) is 7.07. The van der Waals surface area contributed by atoms with Gasteiger partial charge in [-0.1, -0.05) is 24.3 Å². The number of hydrogen-bond acceptors (Lipinski definition) is 1. The van der Waals surface area contributed by atoms with Crippen molar-refractivity contribution < 1.29 is 22.4 Å². The van der Waals surface area contributed by atoms with E-state index >= 15 is 0 Å². The minimum absolute atomic E-state index is 0.265. The quantitative estimate of drug-likeness (QED) is 0.827. The van der Waals surface area contributed by atoms with Crippen molar-refractivity contribution in [2.45, 2.75) is 24.4 Å². The second kappa shape index (κ2) is 5.37. The molecule has 0 heterocycles. The predicted molar refractivity (Wildman–Crippen MR) is 77.4 cm³/mol. The molecule has 1 saturated carbocycles. The van der Waals surface area contributed by atoms with E-state index in [1.54, 1.807) is 0 Å². The number of anilines is 1. The topological polar surface area (TPSA) is 29.1 Å². The smallest absolute Gasteiger partial charge is 0.325 e. The molecule has 2 nitrogen and oxygen atoms in total. The van der Waals surface area contributed by atoms with Gasteiger partial charge in [0.1, 0.15) is 5.82 Å². The Balaban J connectivity index is 1.87. The third kappa shape index (κ3) is 2.93. The van der Waals surface area contributed by atoms with Gasteiger partial charge in [-0.3, -0.25) is 4.79 Å². The van der Waals surface area contributed by atoms with Gasteiger partial charge in [-0.15, -0.1) is 0 Å². The number of nitrogens with one attached hydrogen (secondary N) is 1. The maximum Gasteiger partial charge on any atom is 0.418 e. The van der Waals surface area contributed by atoms with Crippen LogP contribution >= 0.6 is 0 Å². The number of carbonyl (C=O) groups is 1. The second-order valence-corrected chi connectivity index (χ2v) is 5.59. The molecule has 23 heavy (non-hydrogen) atoms. The summed E-state index contributed by atoms with van der Waals surface area (Å²) in [6.45, 7) is 0. The molecule has 0 unspecified atom stereocenters. The molecule has 0 spiro atoms. The lowest BCUT2D eigenvalue weighted by atomic mass is 9.94. The molecular formula is C17H13F4NO. The number of carbonyl (C=O) groups excluding carboxylic acids is 1. The van der Waals surface area contributed by atoms with Crippen molar-refractivity contribution in [1.29, 1.82) is 0 Å². The van der Waals surface area contributed by atoms with Crippen molar-refractivity contribution in [2.75, 3.05) is 5.32 Å². The molecule has 6 heteroatoms. The standard InChI is InChI=1S/C17H13F4NO/c18-12-7-5-11(6-8-12)16(9-10-16)15(23)22-14-4-2-1-3-13(14)17(19,20)21/h1-8H,9-10H2,(H,22,23). The van der Waals surface area contributed by atoms with Gasteiger partial charge in [0.05, 0.1) is 16.7 Å². The molecule has 0 aromatic heterocycles. The van der Waals surface area contributed by atoms with Crippen LogP contribution in [0.3, 0.4) is 0 Å². The molecule has 1 fully saturated rings. The summed E-state index contributed by atoms with van der Waals surface area (Å²) in [6.07, 6.45) is -3.49. The molecule has 1 aliphatic carbocycles. The number of benzene rings is 2. The Labute approximate surface area is 130 Å².